The lowest BCUT2D eigenvalue weighted by molar-refractivity contribution is -0.141. The molecule has 3 aliphatic rings. The van der Waals surface area contributed by atoms with Crippen LogP contribution in [0.25, 0.3) is 0 Å². The zero-order valence-electron chi connectivity index (χ0n) is 9.36. The van der Waals surface area contributed by atoms with Crippen molar-refractivity contribution in [1.82, 2.24) is 0 Å². The third-order valence-electron chi connectivity index (χ3n) is 4.45. The summed E-state index contributed by atoms with van der Waals surface area (Å²) in [7, 11) is 0. The molecule has 1 saturated carbocycles. The van der Waals surface area contributed by atoms with Crippen LogP contribution >= 0.6 is 0 Å². The van der Waals surface area contributed by atoms with Crippen molar-refractivity contribution in [2.24, 2.45) is 28.9 Å². The first-order chi connectivity index (χ1) is 6.98. The minimum atomic E-state index is -0.773. The monoisotopic (exact) mass is 209 g/mol. The summed E-state index contributed by atoms with van der Waals surface area (Å²) >= 11 is 0. The van der Waals surface area contributed by atoms with Crippen molar-refractivity contribution in [1.29, 1.82) is 0 Å². The highest BCUT2D eigenvalue weighted by molar-refractivity contribution is 5.74. The number of fused-ring (bicyclic) bond motifs is 1. The molecule has 0 amide bonds. The van der Waals surface area contributed by atoms with Crippen molar-refractivity contribution >= 4 is 5.97 Å². The van der Waals surface area contributed by atoms with Gasteiger partial charge in [-0.25, -0.2) is 0 Å². The first-order valence-corrected chi connectivity index (χ1v) is 5.61. The van der Waals surface area contributed by atoms with E-state index < -0.39 is 11.9 Å². The predicted molar refractivity (Wildman–Crippen MR) is 58.3 cm³/mol. The van der Waals surface area contributed by atoms with Gasteiger partial charge in [-0.3, -0.25) is 4.79 Å². The summed E-state index contributed by atoms with van der Waals surface area (Å²) in [5, 5.41) is 9.11. The fourth-order valence-corrected chi connectivity index (χ4v) is 3.17. The van der Waals surface area contributed by atoms with Crippen molar-refractivity contribution in [3.63, 3.8) is 0 Å². The van der Waals surface area contributed by atoms with Gasteiger partial charge in [0.1, 0.15) is 0 Å². The molecular weight excluding hydrogens is 190 g/mol. The second-order valence-electron chi connectivity index (χ2n) is 5.37. The van der Waals surface area contributed by atoms with Gasteiger partial charge in [-0.1, -0.05) is 25.5 Å². The van der Waals surface area contributed by atoms with Crippen LogP contribution in [0.15, 0.2) is 11.6 Å². The minimum absolute atomic E-state index is 0.221. The highest BCUT2D eigenvalue weighted by Crippen LogP contribution is 2.60. The number of carboxylic acid groups (broad SMARTS) is 1. The van der Waals surface area contributed by atoms with Gasteiger partial charge in [-0.05, 0) is 30.1 Å². The number of aliphatic carboxylic acids is 1. The molecule has 3 rings (SSSR count). The average molecular weight is 209 g/mol. The van der Waals surface area contributed by atoms with Crippen LogP contribution in [0.3, 0.4) is 0 Å². The highest BCUT2D eigenvalue weighted by atomic mass is 16.4. The van der Waals surface area contributed by atoms with Crippen molar-refractivity contribution in [3.05, 3.63) is 11.6 Å². The zero-order valence-corrected chi connectivity index (χ0v) is 9.36. The number of carboxylic acids is 1. The lowest BCUT2D eigenvalue weighted by Gasteiger charge is -2.57. The maximum atomic E-state index is 11.1. The van der Waals surface area contributed by atoms with Crippen molar-refractivity contribution in [2.75, 3.05) is 6.54 Å². The predicted octanol–water partition coefficient (Wildman–Crippen LogP) is 1.64. The second-order valence-corrected chi connectivity index (χ2v) is 5.37. The molecule has 3 nitrogen and oxygen atoms in total. The summed E-state index contributed by atoms with van der Waals surface area (Å²) in [5.41, 5.74) is 6.92. The molecule has 0 aromatic heterocycles. The van der Waals surface area contributed by atoms with Gasteiger partial charge in [0, 0.05) is 6.54 Å². The van der Waals surface area contributed by atoms with E-state index in [1.165, 1.54) is 0 Å². The van der Waals surface area contributed by atoms with Crippen molar-refractivity contribution in [2.45, 2.75) is 26.7 Å². The molecule has 2 bridgehead atoms. The van der Waals surface area contributed by atoms with Crippen molar-refractivity contribution < 1.29 is 9.90 Å². The summed E-state index contributed by atoms with van der Waals surface area (Å²) in [4.78, 5) is 11.1. The number of hydrogen-bond donors (Lipinski definition) is 2. The lowest BCUT2D eigenvalue weighted by Crippen LogP contribution is -2.50. The van der Waals surface area contributed by atoms with Gasteiger partial charge in [0.2, 0.25) is 0 Å². The molecule has 3 unspecified atom stereocenters. The lowest BCUT2D eigenvalue weighted by atomic mass is 9.47. The molecule has 0 heterocycles. The van der Waals surface area contributed by atoms with E-state index in [2.05, 4.69) is 19.9 Å². The number of carbonyl (C=O) groups is 1. The summed E-state index contributed by atoms with van der Waals surface area (Å²) in [6.07, 6.45) is 4.31. The SMILES string of the molecule is CC1(C)C2CC=C(C(CN)C(=O)O)C1C2. The molecule has 84 valence electrons. The molecular formula is C12H19NO2. The number of rotatable bonds is 3. The molecule has 0 spiro atoms. The van der Waals surface area contributed by atoms with Gasteiger partial charge >= 0.3 is 5.97 Å². The Labute approximate surface area is 90.3 Å². The summed E-state index contributed by atoms with van der Waals surface area (Å²) in [5.74, 6) is -0.0419. The van der Waals surface area contributed by atoms with Crippen LogP contribution in [-0.2, 0) is 4.79 Å². The number of hydrogen-bond acceptors (Lipinski definition) is 2. The van der Waals surface area contributed by atoms with E-state index in [1.807, 2.05) is 0 Å². The molecule has 1 fully saturated rings. The smallest absolute Gasteiger partial charge is 0.311 e. The van der Waals surface area contributed by atoms with E-state index in [1.54, 1.807) is 0 Å². The van der Waals surface area contributed by atoms with Crippen molar-refractivity contribution in [3.8, 4) is 0 Å². The summed E-state index contributed by atoms with van der Waals surface area (Å²) in [6, 6.07) is 0. The highest BCUT2D eigenvalue weighted by Gasteiger charge is 2.52. The van der Waals surface area contributed by atoms with Gasteiger partial charge in [0.05, 0.1) is 5.92 Å². The maximum absolute atomic E-state index is 11.1. The molecule has 3 atom stereocenters. The summed E-state index contributed by atoms with van der Waals surface area (Å²) < 4.78 is 0. The molecule has 0 saturated heterocycles. The third kappa shape index (κ3) is 1.41. The van der Waals surface area contributed by atoms with Crippen LogP contribution in [0.5, 0.6) is 0 Å². The Hall–Kier alpha value is -0.830. The van der Waals surface area contributed by atoms with Gasteiger partial charge in [-0.15, -0.1) is 0 Å². The zero-order chi connectivity index (χ0) is 11.2. The standard InChI is InChI=1S/C12H19NO2/c1-12(2)7-3-4-8(10(12)5-7)9(6-13)11(14)15/h4,7,9-10H,3,5-6,13H2,1-2H3,(H,14,15). The van der Waals surface area contributed by atoms with Crippen LogP contribution in [0, 0.1) is 23.2 Å². The second kappa shape index (κ2) is 3.34. The normalized spacial score (nSPS) is 33.9. The molecule has 0 aromatic carbocycles. The van der Waals surface area contributed by atoms with Crippen LogP contribution in [0.2, 0.25) is 0 Å². The van der Waals surface area contributed by atoms with E-state index in [4.69, 9.17) is 10.8 Å². The van der Waals surface area contributed by atoms with Crippen LogP contribution in [-0.4, -0.2) is 17.6 Å². The van der Waals surface area contributed by atoms with Gasteiger partial charge < -0.3 is 10.8 Å². The van der Waals surface area contributed by atoms with Gasteiger partial charge in [0.15, 0.2) is 0 Å². The van der Waals surface area contributed by atoms with Crippen LogP contribution in [0.4, 0.5) is 0 Å². The Morgan fingerprint density at radius 2 is 2.40 bits per heavy atom. The molecule has 0 aliphatic heterocycles. The fraction of sp³-hybridized carbons (Fsp3) is 0.750. The molecule has 3 N–H and O–H groups in total. The number of allylic oxidation sites excluding steroid dienone is 1. The minimum Gasteiger partial charge on any atom is -0.481 e. The molecule has 0 aromatic rings. The average Bonchev–Trinajstić information content (AvgIpc) is 2.18. The Kier molecular flexibility index (Phi) is 2.38. The Bertz CT molecular complexity index is 320. The third-order valence-corrected chi connectivity index (χ3v) is 4.45. The van der Waals surface area contributed by atoms with Gasteiger partial charge in [-0.2, -0.15) is 0 Å². The first-order valence-electron chi connectivity index (χ1n) is 5.61. The van der Waals surface area contributed by atoms with E-state index in [0.717, 1.165) is 24.3 Å². The van der Waals surface area contributed by atoms with E-state index in [0.29, 0.717) is 5.92 Å². The molecule has 3 heteroatoms. The largest absolute Gasteiger partial charge is 0.481 e. The molecule has 0 radical (unpaired) electrons. The van der Waals surface area contributed by atoms with Gasteiger partial charge in [0.25, 0.3) is 0 Å². The Morgan fingerprint density at radius 1 is 1.73 bits per heavy atom. The Balaban J connectivity index is 2.23. The van der Waals surface area contributed by atoms with E-state index in [9.17, 15) is 4.79 Å². The molecule has 3 aliphatic carbocycles. The first kappa shape index (κ1) is 10.7. The van der Waals surface area contributed by atoms with E-state index >= 15 is 0 Å². The quantitative estimate of drug-likeness (QED) is 0.694. The fourth-order valence-electron chi connectivity index (χ4n) is 3.17. The van der Waals surface area contributed by atoms with E-state index in [-0.39, 0.29) is 12.0 Å². The summed E-state index contributed by atoms with van der Waals surface area (Å²) in [6.45, 7) is 4.71. The topological polar surface area (TPSA) is 63.3 Å². The maximum Gasteiger partial charge on any atom is 0.311 e. The van der Waals surface area contributed by atoms with Crippen LogP contribution in [0.1, 0.15) is 26.7 Å². The Morgan fingerprint density at radius 3 is 2.80 bits per heavy atom. The van der Waals surface area contributed by atoms with Crippen LogP contribution < -0.4 is 5.73 Å². The molecule has 15 heavy (non-hydrogen) atoms. The number of nitrogens with two attached hydrogens (primary N) is 1.